The highest BCUT2D eigenvalue weighted by Gasteiger charge is 2.43. The van der Waals surface area contributed by atoms with Crippen LogP contribution in [0.4, 0.5) is 11.4 Å². The molecule has 1 aromatic carbocycles. The number of aryl methyl sites for hydroxylation is 1. The molecule has 7 heteroatoms. The molecule has 2 aliphatic heterocycles. The number of hydrogen-bond acceptors (Lipinski definition) is 5. The lowest BCUT2D eigenvalue weighted by Gasteiger charge is -2.21. The first kappa shape index (κ1) is 16.4. The normalized spacial score (nSPS) is 21.4. The van der Waals surface area contributed by atoms with Crippen LogP contribution in [0.3, 0.4) is 0 Å². The lowest BCUT2D eigenvalue weighted by molar-refractivity contribution is 0.590. The van der Waals surface area contributed by atoms with Gasteiger partial charge in [0.25, 0.3) is 11.8 Å². The highest BCUT2D eigenvalue weighted by atomic mass is 15.7. The fourth-order valence-corrected chi connectivity index (χ4v) is 2.98. The molecule has 0 fully saturated rings. The van der Waals surface area contributed by atoms with Crippen molar-refractivity contribution in [3.8, 4) is 0 Å². The average molecular weight is 348 g/mol. The van der Waals surface area contributed by atoms with E-state index < -0.39 is 0 Å². The zero-order chi connectivity index (χ0) is 18.4. The van der Waals surface area contributed by atoms with Gasteiger partial charge in [0.1, 0.15) is 12.4 Å². The molecule has 0 radical (unpaired) electrons. The van der Waals surface area contributed by atoms with Gasteiger partial charge in [-0.3, -0.25) is 9.67 Å². The Morgan fingerprint density at radius 2 is 1.88 bits per heavy atom. The number of amidine groups is 1. The number of aromatic nitrogens is 2. The molecule has 7 nitrogen and oxygen atoms in total. The fourth-order valence-electron chi connectivity index (χ4n) is 2.98. The number of fused-ring (bicyclic) bond motifs is 1. The van der Waals surface area contributed by atoms with E-state index >= 15 is 0 Å². The van der Waals surface area contributed by atoms with E-state index in [-0.39, 0.29) is 10.0 Å². The number of benzene rings is 1. The first-order valence-corrected chi connectivity index (χ1v) is 8.53. The van der Waals surface area contributed by atoms with Crippen LogP contribution in [0.15, 0.2) is 64.1 Å². The van der Waals surface area contributed by atoms with Crippen LogP contribution in [0, 0.1) is 0 Å². The summed E-state index contributed by atoms with van der Waals surface area (Å²) >= 11 is 0. The van der Waals surface area contributed by atoms with E-state index in [4.69, 9.17) is 5.10 Å². The maximum absolute atomic E-state index is 4.80. The van der Waals surface area contributed by atoms with Crippen molar-refractivity contribution in [1.29, 1.82) is 0 Å². The topological polar surface area (TPSA) is 66.9 Å². The van der Waals surface area contributed by atoms with Crippen LogP contribution < -0.4 is 9.91 Å². The Kier molecular flexibility index (Phi) is 3.62. The molecule has 2 aliphatic rings. The Hall–Kier alpha value is -3.06. The van der Waals surface area contributed by atoms with Crippen molar-refractivity contribution in [2.24, 2.45) is 22.1 Å². The maximum Gasteiger partial charge on any atom is 0.287 e. The van der Waals surface area contributed by atoms with E-state index in [0.717, 1.165) is 17.2 Å². The summed E-state index contributed by atoms with van der Waals surface area (Å²) in [7, 11) is 1.89. The van der Waals surface area contributed by atoms with Gasteiger partial charge in [0.2, 0.25) is 5.69 Å². The lowest BCUT2D eigenvalue weighted by atomic mass is 9.87. The van der Waals surface area contributed by atoms with Crippen LogP contribution in [0.25, 0.3) is 0 Å². The van der Waals surface area contributed by atoms with Gasteiger partial charge in [0.15, 0.2) is 6.20 Å². The second-order valence-corrected chi connectivity index (χ2v) is 7.48. The van der Waals surface area contributed by atoms with Gasteiger partial charge in [0, 0.05) is 12.7 Å². The Bertz CT molecular complexity index is 955. The Labute approximate surface area is 152 Å². The molecule has 4 rings (SSSR count). The van der Waals surface area contributed by atoms with Crippen LogP contribution in [0.5, 0.6) is 0 Å². The summed E-state index contributed by atoms with van der Waals surface area (Å²) < 4.78 is 1.89. The van der Waals surface area contributed by atoms with E-state index in [9.17, 15) is 0 Å². The predicted octanol–water partition coefficient (Wildman–Crippen LogP) is 3.38. The van der Waals surface area contributed by atoms with E-state index in [1.54, 1.807) is 23.3 Å². The van der Waals surface area contributed by atoms with Gasteiger partial charge in [-0.25, -0.2) is 0 Å². The molecule has 1 aromatic heterocycles. The van der Waals surface area contributed by atoms with Gasteiger partial charge in [-0.2, -0.15) is 10.1 Å². The standard InChI is InChI=1S/C19H22N7/c1-19(2,3)14-5-7-15(8-6-14)22-18-23-17-12-20-9-10-26(17,24-18)16-11-21-25(4)13-16/h5-13H,1-4H3,(H,22,24)/q+1. The molecular formula is C19H22N7+. The summed E-state index contributed by atoms with van der Waals surface area (Å²) in [5.41, 5.74) is 3.27. The van der Waals surface area contributed by atoms with Gasteiger partial charge < -0.3 is 5.32 Å². The number of aliphatic imine (C=N–C) groups is 2. The summed E-state index contributed by atoms with van der Waals surface area (Å²) in [5, 5.41) is 12.4. The van der Waals surface area contributed by atoms with Crippen molar-refractivity contribution in [2.75, 3.05) is 5.32 Å². The molecular weight excluding hydrogens is 326 g/mol. The number of hydrogen-bond donors (Lipinski definition) is 1. The number of anilines is 1. The summed E-state index contributed by atoms with van der Waals surface area (Å²) in [6.45, 7) is 6.61. The van der Waals surface area contributed by atoms with E-state index in [1.165, 1.54) is 5.56 Å². The van der Waals surface area contributed by atoms with Crippen LogP contribution in [0.1, 0.15) is 26.3 Å². The summed E-state index contributed by atoms with van der Waals surface area (Å²) in [6.07, 6.45) is 9.09. The van der Waals surface area contributed by atoms with Crippen molar-refractivity contribution in [3.05, 3.63) is 54.6 Å². The third kappa shape index (κ3) is 2.76. The van der Waals surface area contributed by atoms with E-state index in [2.05, 4.69) is 65.4 Å². The highest BCUT2D eigenvalue weighted by Crippen LogP contribution is 2.30. The summed E-state index contributed by atoms with van der Waals surface area (Å²) in [5.74, 6) is 1.28. The number of quaternary nitrogens is 1. The molecule has 0 amide bonds. The number of nitrogens with one attached hydrogen (secondary N) is 1. The van der Waals surface area contributed by atoms with Crippen LogP contribution in [-0.2, 0) is 12.5 Å². The van der Waals surface area contributed by atoms with Crippen LogP contribution in [0.2, 0.25) is 0 Å². The second-order valence-electron chi connectivity index (χ2n) is 7.48. The molecule has 0 spiro atoms. The zero-order valence-electron chi connectivity index (χ0n) is 15.4. The monoisotopic (exact) mass is 348 g/mol. The van der Waals surface area contributed by atoms with Gasteiger partial charge >= 0.3 is 0 Å². The van der Waals surface area contributed by atoms with Gasteiger partial charge in [-0.15, -0.1) is 0 Å². The molecule has 3 heterocycles. The minimum absolute atomic E-state index is 0.126. The van der Waals surface area contributed by atoms with Crippen LogP contribution in [-0.4, -0.2) is 27.8 Å². The van der Waals surface area contributed by atoms with Crippen molar-refractivity contribution in [3.63, 3.8) is 0 Å². The summed E-state index contributed by atoms with van der Waals surface area (Å²) in [4.78, 5) is 8.82. The average Bonchev–Trinajstić information content (AvgIpc) is 3.18. The van der Waals surface area contributed by atoms with Crippen molar-refractivity contribution in [2.45, 2.75) is 26.2 Å². The SMILES string of the molecule is Cn1cc([N+]23C=CN=CC2=NC(Nc2ccc(C(C)(C)C)cc2)=N3)cn1. The fraction of sp³-hybridized carbons (Fsp3) is 0.263. The largest absolute Gasteiger partial charge is 0.320 e. The zero-order valence-corrected chi connectivity index (χ0v) is 15.4. The number of guanidine groups is 1. The van der Waals surface area contributed by atoms with Crippen LogP contribution >= 0.6 is 0 Å². The molecule has 26 heavy (non-hydrogen) atoms. The second kappa shape index (κ2) is 5.74. The summed E-state index contributed by atoms with van der Waals surface area (Å²) in [6, 6.07) is 8.37. The number of nitrogens with zero attached hydrogens (tertiary/aromatic N) is 6. The highest BCUT2D eigenvalue weighted by molar-refractivity contribution is 6.38. The quantitative estimate of drug-likeness (QED) is 0.846. The molecule has 0 saturated carbocycles. The third-order valence-corrected chi connectivity index (χ3v) is 4.47. The van der Waals surface area contributed by atoms with E-state index in [1.807, 2.05) is 19.4 Å². The Morgan fingerprint density at radius 1 is 1.12 bits per heavy atom. The first-order valence-electron chi connectivity index (χ1n) is 8.53. The minimum atomic E-state index is 0.126. The third-order valence-electron chi connectivity index (χ3n) is 4.47. The van der Waals surface area contributed by atoms with Gasteiger partial charge in [0.05, 0.1) is 12.4 Å². The molecule has 0 bridgehead atoms. The van der Waals surface area contributed by atoms with Crippen molar-refractivity contribution in [1.82, 2.24) is 14.4 Å². The minimum Gasteiger partial charge on any atom is -0.320 e. The molecule has 1 atom stereocenters. The first-order chi connectivity index (χ1) is 12.4. The molecule has 0 saturated heterocycles. The Balaban J connectivity index is 1.65. The number of rotatable bonds is 2. The van der Waals surface area contributed by atoms with E-state index in [0.29, 0.717) is 5.96 Å². The van der Waals surface area contributed by atoms with Gasteiger partial charge in [-0.05, 0) is 28.2 Å². The predicted molar refractivity (Wildman–Crippen MR) is 106 cm³/mol. The van der Waals surface area contributed by atoms with Crippen molar-refractivity contribution >= 4 is 29.4 Å². The van der Waals surface area contributed by atoms with Gasteiger partial charge in [-0.1, -0.05) is 37.5 Å². The smallest absolute Gasteiger partial charge is 0.287 e. The van der Waals surface area contributed by atoms with Crippen molar-refractivity contribution < 1.29 is 0 Å². The molecule has 1 unspecified atom stereocenters. The molecule has 1 N–H and O–H groups in total. The molecule has 132 valence electrons. The molecule has 2 aromatic rings. The molecule has 0 aliphatic carbocycles. The lowest BCUT2D eigenvalue weighted by Crippen LogP contribution is -2.44. The maximum atomic E-state index is 4.80. The Morgan fingerprint density at radius 3 is 2.54 bits per heavy atom.